The lowest BCUT2D eigenvalue weighted by Crippen LogP contribution is -2.13. The Hall–Kier alpha value is -2.71. The molecule has 0 atom stereocenters. The molecule has 1 aromatic carbocycles. The van der Waals surface area contributed by atoms with E-state index in [4.69, 9.17) is 20.3 Å². The summed E-state index contributed by atoms with van der Waals surface area (Å²) in [7, 11) is -2.36. The molecule has 10 heteroatoms. The first-order valence-corrected chi connectivity index (χ1v) is 11.2. The fourth-order valence-corrected chi connectivity index (χ4v) is 4.76. The molecule has 0 radical (unpaired) electrons. The zero-order valence-corrected chi connectivity index (χ0v) is 17.1. The Balaban J connectivity index is 1.69. The molecule has 2 heterocycles. The molecule has 150 valence electrons. The van der Waals surface area contributed by atoms with E-state index in [1.54, 1.807) is 28.9 Å². The van der Waals surface area contributed by atoms with E-state index in [9.17, 15) is 9.36 Å². The Morgan fingerprint density at radius 3 is 2.69 bits per heavy atom. The lowest BCUT2D eigenvalue weighted by Gasteiger charge is -2.13. The van der Waals surface area contributed by atoms with Crippen molar-refractivity contribution in [2.45, 2.75) is 12.8 Å². The van der Waals surface area contributed by atoms with Gasteiger partial charge in [0.25, 0.3) is 5.91 Å². The van der Waals surface area contributed by atoms with Gasteiger partial charge in [-0.2, -0.15) is 5.10 Å². The molecule has 0 fully saturated rings. The minimum absolute atomic E-state index is 0.479. The van der Waals surface area contributed by atoms with Gasteiger partial charge < -0.3 is 20.3 Å². The average Bonchev–Trinajstić information content (AvgIpc) is 3.20. The molecule has 0 bridgehead atoms. The summed E-state index contributed by atoms with van der Waals surface area (Å²) in [6.45, 7) is 0. The number of ether oxygens (including phenoxy) is 1. The molecule has 0 saturated heterocycles. The van der Waals surface area contributed by atoms with Crippen molar-refractivity contribution in [1.82, 2.24) is 9.78 Å². The van der Waals surface area contributed by atoms with Crippen LogP contribution in [-0.2, 0) is 24.5 Å². The van der Waals surface area contributed by atoms with Crippen molar-refractivity contribution < 1.29 is 23.9 Å². The molecule has 29 heavy (non-hydrogen) atoms. The summed E-state index contributed by atoms with van der Waals surface area (Å²) in [5, 5.41) is 5.09. The van der Waals surface area contributed by atoms with Crippen LogP contribution in [0.3, 0.4) is 0 Å². The molecule has 4 rings (SSSR count). The lowest BCUT2D eigenvalue weighted by molar-refractivity contribution is 0.100. The number of aromatic nitrogens is 2. The first kappa shape index (κ1) is 19.6. The number of fused-ring (bicyclic) bond motifs is 3. The number of aryl methyl sites for hydroxylation is 2. The highest BCUT2D eigenvalue weighted by Crippen LogP contribution is 2.48. The van der Waals surface area contributed by atoms with Crippen LogP contribution in [0.25, 0.3) is 17.3 Å². The van der Waals surface area contributed by atoms with Crippen LogP contribution < -0.4 is 10.5 Å². The van der Waals surface area contributed by atoms with Crippen LogP contribution in [0, 0.1) is 0 Å². The van der Waals surface area contributed by atoms with Gasteiger partial charge in [-0.05, 0) is 47.7 Å². The van der Waals surface area contributed by atoms with Gasteiger partial charge in [0.2, 0.25) is 0 Å². The number of carbonyl (C=O) groups is 1. The van der Waals surface area contributed by atoms with Crippen LogP contribution in [0.15, 0.2) is 36.3 Å². The number of hydrogen-bond donors (Lipinski definition) is 3. The van der Waals surface area contributed by atoms with Crippen molar-refractivity contribution in [3.63, 3.8) is 0 Å². The molecular formula is C19H18N3O5PS. The maximum absolute atomic E-state index is 11.9. The maximum atomic E-state index is 11.9. The van der Waals surface area contributed by atoms with Crippen LogP contribution in [0.2, 0.25) is 0 Å². The molecule has 1 aliphatic rings. The molecule has 1 amide bonds. The zero-order chi connectivity index (χ0) is 20.8. The highest BCUT2D eigenvalue weighted by atomic mass is 32.1. The quantitative estimate of drug-likeness (QED) is 0.532. The minimum Gasteiger partial charge on any atom is -0.446 e. The highest BCUT2D eigenvalue weighted by Gasteiger charge is 2.30. The Kier molecular flexibility index (Phi) is 4.92. The average molecular weight is 431 g/mol. The topological polar surface area (TPSA) is 128 Å². The number of nitrogens with two attached hydrogens (primary N) is 1. The maximum Gasteiger partial charge on any atom is 0.349 e. The van der Waals surface area contributed by atoms with Gasteiger partial charge in [0.1, 0.15) is 11.4 Å². The second-order valence-electron chi connectivity index (χ2n) is 6.69. The first-order valence-electron chi connectivity index (χ1n) is 8.72. The standard InChI is InChI=1S/C19H18N3O5PS/c1-22-10-12-4-7-14-15(16(12)21-22)19(29-17(14)18(20)23)27-13-5-2-11(3-6-13)8-9-28(24,25)26/h2-3,5-6,8-10H,4,7H2,1H3,(H2,20,23)(H2,24,25,26)/b9-8+. The molecule has 8 nitrogen and oxygen atoms in total. The molecule has 0 aliphatic heterocycles. The number of nitrogens with zero attached hydrogens (tertiary/aromatic N) is 2. The Bertz CT molecular complexity index is 1170. The SMILES string of the molecule is Cn1cc2c(n1)-c1c(Oc3ccc(/C=C/P(=O)(O)O)cc3)sc(C(N)=O)c1CC2. The van der Waals surface area contributed by atoms with Gasteiger partial charge in [0, 0.05) is 19.1 Å². The second kappa shape index (κ2) is 7.27. The summed E-state index contributed by atoms with van der Waals surface area (Å²) >= 11 is 1.21. The first-order chi connectivity index (χ1) is 13.7. The van der Waals surface area contributed by atoms with E-state index in [-0.39, 0.29) is 0 Å². The van der Waals surface area contributed by atoms with E-state index in [1.165, 1.54) is 17.4 Å². The van der Waals surface area contributed by atoms with Crippen molar-refractivity contribution >= 4 is 30.9 Å². The molecule has 0 saturated carbocycles. The predicted octanol–water partition coefficient (Wildman–Crippen LogP) is 3.29. The number of rotatable bonds is 5. The van der Waals surface area contributed by atoms with Crippen molar-refractivity contribution in [1.29, 1.82) is 0 Å². The molecule has 0 unspecified atom stereocenters. The van der Waals surface area contributed by atoms with Crippen LogP contribution in [0.1, 0.15) is 26.4 Å². The minimum atomic E-state index is -4.21. The number of amides is 1. The smallest absolute Gasteiger partial charge is 0.349 e. The molecule has 2 aromatic heterocycles. The zero-order valence-electron chi connectivity index (χ0n) is 15.4. The predicted molar refractivity (Wildman–Crippen MR) is 110 cm³/mol. The van der Waals surface area contributed by atoms with Crippen molar-refractivity contribution in [3.05, 3.63) is 57.8 Å². The summed E-state index contributed by atoms with van der Waals surface area (Å²) in [4.78, 5) is 30.3. The monoisotopic (exact) mass is 431 g/mol. The Labute approximate surface area is 170 Å². The van der Waals surface area contributed by atoms with Crippen molar-refractivity contribution in [2.24, 2.45) is 12.8 Å². The second-order valence-corrected chi connectivity index (χ2v) is 9.15. The normalized spacial score (nSPS) is 13.3. The number of benzene rings is 1. The van der Waals surface area contributed by atoms with Gasteiger partial charge >= 0.3 is 7.60 Å². The van der Waals surface area contributed by atoms with Crippen LogP contribution in [0.5, 0.6) is 10.8 Å². The summed E-state index contributed by atoms with van der Waals surface area (Å²) in [5.74, 6) is 0.889. The van der Waals surface area contributed by atoms with Gasteiger partial charge in [0.15, 0.2) is 5.06 Å². The van der Waals surface area contributed by atoms with Gasteiger partial charge in [0.05, 0.1) is 10.4 Å². The Morgan fingerprint density at radius 2 is 2.03 bits per heavy atom. The number of thiophene rings is 1. The molecule has 0 spiro atoms. The van der Waals surface area contributed by atoms with Crippen LogP contribution in [0.4, 0.5) is 0 Å². The van der Waals surface area contributed by atoms with E-state index in [0.29, 0.717) is 27.7 Å². The van der Waals surface area contributed by atoms with Gasteiger partial charge in [-0.25, -0.2) is 0 Å². The number of primary amides is 1. The fraction of sp³-hybridized carbons (Fsp3) is 0.158. The van der Waals surface area contributed by atoms with Gasteiger partial charge in [-0.3, -0.25) is 14.0 Å². The fourth-order valence-electron chi connectivity index (χ4n) is 3.32. The number of carbonyl (C=O) groups excluding carboxylic acids is 1. The summed E-state index contributed by atoms with van der Waals surface area (Å²) in [5.41, 5.74) is 9.76. The van der Waals surface area contributed by atoms with E-state index in [2.05, 4.69) is 5.10 Å². The highest BCUT2D eigenvalue weighted by molar-refractivity contribution is 7.55. The van der Waals surface area contributed by atoms with Crippen molar-refractivity contribution in [2.75, 3.05) is 0 Å². The van der Waals surface area contributed by atoms with E-state index < -0.39 is 13.5 Å². The molecular weight excluding hydrogens is 413 g/mol. The summed E-state index contributed by atoms with van der Waals surface area (Å²) in [6, 6.07) is 6.75. The van der Waals surface area contributed by atoms with E-state index in [1.807, 2.05) is 13.2 Å². The van der Waals surface area contributed by atoms with Gasteiger partial charge in [-0.1, -0.05) is 23.5 Å². The molecule has 1 aliphatic carbocycles. The summed E-state index contributed by atoms with van der Waals surface area (Å²) < 4.78 is 18.7. The van der Waals surface area contributed by atoms with Gasteiger partial charge in [-0.15, -0.1) is 0 Å². The molecule has 4 N–H and O–H groups in total. The molecule has 3 aromatic rings. The largest absolute Gasteiger partial charge is 0.446 e. The number of hydrogen-bond acceptors (Lipinski definition) is 5. The third kappa shape index (κ3) is 4.04. The summed E-state index contributed by atoms with van der Waals surface area (Å²) in [6.07, 6.45) is 4.79. The van der Waals surface area contributed by atoms with Crippen molar-refractivity contribution in [3.8, 4) is 22.1 Å². The van der Waals surface area contributed by atoms with E-state index in [0.717, 1.165) is 34.6 Å². The third-order valence-electron chi connectivity index (χ3n) is 4.54. The lowest BCUT2D eigenvalue weighted by atomic mass is 9.92. The van der Waals surface area contributed by atoms with Crippen LogP contribution in [-0.4, -0.2) is 25.5 Å². The van der Waals surface area contributed by atoms with E-state index >= 15 is 0 Å². The third-order valence-corrected chi connectivity index (χ3v) is 6.20. The van der Waals surface area contributed by atoms with Crippen LogP contribution >= 0.6 is 18.9 Å². The Morgan fingerprint density at radius 1 is 1.31 bits per heavy atom.